The summed E-state index contributed by atoms with van der Waals surface area (Å²) in [6.45, 7) is 3.72. The molecule has 4 heterocycles. The zero-order valence-electron chi connectivity index (χ0n) is 13.6. The Balaban J connectivity index is 2.29. The Morgan fingerprint density at radius 1 is 1.28 bits per heavy atom. The smallest absolute Gasteiger partial charge is 0.292 e. The third-order valence-electron chi connectivity index (χ3n) is 4.97. The molecule has 8 heteroatoms. The Morgan fingerprint density at radius 3 is 2.76 bits per heavy atom. The molecule has 0 aliphatic carbocycles. The van der Waals surface area contributed by atoms with Gasteiger partial charge in [-0.05, 0) is 32.0 Å². The van der Waals surface area contributed by atoms with E-state index in [0.29, 0.717) is 16.5 Å². The average molecular weight is 335 g/mol. The molecule has 0 saturated carbocycles. The molecule has 1 aromatic carbocycles. The van der Waals surface area contributed by atoms with Crippen molar-refractivity contribution in [1.82, 2.24) is 14.0 Å². The van der Waals surface area contributed by atoms with Crippen molar-refractivity contribution in [2.24, 2.45) is 5.73 Å². The van der Waals surface area contributed by atoms with E-state index in [4.69, 9.17) is 11.5 Å². The lowest BCUT2D eigenvalue weighted by Gasteiger charge is -2.09. The van der Waals surface area contributed by atoms with Gasteiger partial charge in [0.25, 0.3) is 11.7 Å². The molecule has 0 atom stereocenters. The first-order chi connectivity index (χ1) is 11.9. The van der Waals surface area contributed by atoms with Crippen LogP contribution in [0.2, 0.25) is 0 Å². The molecule has 25 heavy (non-hydrogen) atoms. The zero-order chi connectivity index (χ0) is 17.6. The van der Waals surface area contributed by atoms with Crippen LogP contribution in [-0.2, 0) is 0 Å². The topological polar surface area (TPSA) is 115 Å². The van der Waals surface area contributed by atoms with Crippen LogP contribution < -0.4 is 15.9 Å². The summed E-state index contributed by atoms with van der Waals surface area (Å²) in [5, 5.41) is 15.3. The van der Waals surface area contributed by atoms with Gasteiger partial charge in [-0.1, -0.05) is 0 Å². The summed E-state index contributed by atoms with van der Waals surface area (Å²) in [5.41, 5.74) is 16.8. The predicted molar refractivity (Wildman–Crippen MR) is 92.1 cm³/mol. The van der Waals surface area contributed by atoms with E-state index in [-0.39, 0.29) is 17.1 Å². The van der Waals surface area contributed by atoms with Crippen LogP contribution in [0.3, 0.4) is 0 Å². The first-order valence-corrected chi connectivity index (χ1v) is 7.77. The number of hydrogen-bond acceptors (Lipinski definition) is 4. The maximum absolute atomic E-state index is 12.1. The molecular formula is C17H15N6O2+. The lowest BCUT2D eigenvalue weighted by atomic mass is 10.1. The van der Waals surface area contributed by atoms with Gasteiger partial charge in [0.15, 0.2) is 16.7 Å². The SMILES string of the molecule is Cc1c(O)ccc2c1[n+]1c(N)c(C(N)=O)c3cc(C)n4ncn2c4c31. The van der Waals surface area contributed by atoms with E-state index in [1.807, 2.05) is 24.3 Å². The molecule has 0 bridgehead atoms. The Labute approximate surface area is 140 Å². The van der Waals surface area contributed by atoms with Crippen LogP contribution in [0.5, 0.6) is 5.75 Å². The van der Waals surface area contributed by atoms with Crippen LogP contribution in [0, 0.1) is 13.8 Å². The van der Waals surface area contributed by atoms with Gasteiger partial charge in [0.05, 0.1) is 5.52 Å². The van der Waals surface area contributed by atoms with Gasteiger partial charge in [-0.15, -0.1) is 0 Å². The zero-order valence-corrected chi connectivity index (χ0v) is 13.6. The number of carbonyl (C=O) groups is 1. The van der Waals surface area contributed by atoms with Gasteiger partial charge in [-0.25, -0.2) is 4.52 Å². The van der Waals surface area contributed by atoms with Gasteiger partial charge in [-0.2, -0.15) is 9.50 Å². The fourth-order valence-electron chi connectivity index (χ4n) is 3.85. The van der Waals surface area contributed by atoms with Gasteiger partial charge in [-0.3, -0.25) is 14.9 Å². The van der Waals surface area contributed by atoms with Gasteiger partial charge in [0.1, 0.15) is 17.6 Å². The summed E-state index contributed by atoms with van der Waals surface area (Å²) in [4.78, 5) is 12.1. The highest BCUT2D eigenvalue weighted by atomic mass is 16.3. The van der Waals surface area contributed by atoms with Crippen LogP contribution in [-0.4, -0.2) is 25.0 Å². The number of aryl methyl sites for hydroxylation is 2. The minimum absolute atomic E-state index is 0.153. The van der Waals surface area contributed by atoms with Gasteiger partial charge >= 0.3 is 0 Å². The number of primary amides is 1. The van der Waals surface area contributed by atoms with Crippen molar-refractivity contribution < 1.29 is 14.3 Å². The Bertz CT molecular complexity index is 1360. The van der Waals surface area contributed by atoms with Crippen molar-refractivity contribution in [1.29, 1.82) is 0 Å². The van der Waals surface area contributed by atoms with E-state index in [9.17, 15) is 9.90 Å². The number of pyridine rings is 1. The number of nitrogen functional groups attached to an aromatic ring is 1. The molecule has 0 aliphatic rings. The molecule has 0 fully saturated rings. The van der Waals surface area contributed by atoms with Crippen molar-refractivity contribution in [2.45, 2.75) is 13.8 Å². The molecule has 0 radical (unpaired) electrons. The molecule has 0 spiro atoms. The van der Waals surface area contributed by atoms with Crippen LogP contribution in [0.15, 0.2) is 24.5 Å². The molecular weight excluding hydrogens is 320 g/mol. The number of amides is 1. The van der Waals surface area contributed by atoms with Gasteiger partial charge < -0.3 is 10.8 Å². The number of fused-ring (bicyclic) bond motifs is 3. The van der Waals surface area contributed by atoms with Crippen molar-refractivity contribution in [3.8, 4) is 5.75 Å². The quantitative estimate of drug-likeness (QED) is 0.312. The summed E-state index contributed by atoms with van der Waals surface area (Å²) in [6, 6.07) is 5.30. The first-order valence-electron chi connectivity index (χ1n) is 7.77. The molecule has 0 aliphatic heterocycles. The van der Waals surface area contributed by atoms with E-state index < -0.39 is 5.91 Å². The Kier molecular flexibility index (Phi) is 2.27. The normalized spacial score (nSPS) is 12.2. The molecule has 1 amide bonds. The highest BCUT2D eigenvalue weighted by molar-refractivity contribution is 6.12. The minimum atomic E-state index is -0.586. The minimum Gasteiger partial charge on any atom is -0.508 e. The maximum Gasteiger partial charge on any atom is 0.292 e. The number of hydrogen-bond donors (Lipinski definition) is 3. The first kappa shape index (κ1) is 13.8. The second-order valence-corrected chi connectivity index (χ2v) is 6.32. The summed E-state index contributed by atoms with van der Waals surface area (Å²) >= 11 is 0. The molecule has 4 aromatic heterocycles. The monoisotopic (exact) mass is 335 g/mol. The number of nitrogens with zero attached hydrogens (tertiary/aromatic N) is 4. The number of rotatable bonds is 1. The fraction of sp³-hybridized carbons (Fsp3) is 0.118. The Hall–Kier alpha value is -3.55. The molecule has 8 nitrogen and oxygen atoms in total. The fourth-order valence-corrected chi connectivity index (χ4v) is 3.85. The van der Waals surface area contributed by atoms with Crippen molar-refractivity contribution in [2.75, 3.05) is 5.73 Å². The highest BCUT2D eigenvalue weighted by Crippen LogP contribution is 2.33. The summed E-state index contributed by atoms with van der Waals surface area (Å²) in [7, 11) is 0. The number of aromatic hydroxyl groups is 1. The highest BCUT2D eigenvalue weighted by Gasteiger charge is 2.31. The van der Waals surface area contributed by atoms with Crippen LogP contribution >= 0.6 is 0 Å². The molecule has 5 aromatic rings. The van der Waals surface area contributed by atoms with Crippen molar-refractivity contribution in [3.05, 3.63) is 41.3 Å². The van der Waals surface area contributed by atoms with E-state index in [1.54, 1.807) is 27.4 Å². The van der Waals surface area contributed by atoms with Crippen LogP contribution in [0.1, 0.15) is 21.6 Å². The second-order valence-electron chi connectivity index (χ2n) is 6.32. The maximum atomic E-state index is 12.1. The van der Waals surface area contributed by atoms with Gasteiger partial charge in [0, 0.05) is 16.6 Å². The largest absolute Gasteiger partial charge is 0.508 e. The number of benzene rings is 1. The third kappa shape index (κ3) is 1.40. The van der Waals surface area contributed by atoms with Crippen LogP contribution in [0.4, 0.5) is 5.82 Å². The number of carbonyl (C=O) groups excluding carboxylic acids is 1. The number of anilines is 1. The van der Waals surface area contributed by atoms with E-state index in [0.717, 1.165) is 22.4 Å². The molecule has 5 N–H and O–H groups in total. The summed E-state index contributed by atoms with van der Waals surface area (Å²) < 4.78 is 5.52. The van der Waals surface area contributed by atoms with Crippen molar-refractivity contribution >= 4 is 39.3 Å². The number of nitrogens with two attached hydrogens (primary N) is 2. The standard InChI is InChI=1S/C17H14N6O2/c1-7-5-9-12(16(19)25)15(18)22-13-8(2)11(24)4-3-10(13)21-6-20-23(7)17(21)14(9)22/h3-6,18H,1-2H3,(H3,19,24,25)/p+1. The lowest BCUT2D eigenvalue weighted by Crippen LogP contribution is -2.28. The molecule has 5 rings (SSSR count). The van der Waals surface area contributed by atoms with Gasteiger partial charge in [0.2, 0.25) is 0 Å². The molecule has 124 valence electrons. The molecule has 0 saturated heterocycles. The summed E-state index contributed by atoms with van der Waals surface area (Å²) in [6.07, 6.45) is 1.72. The number of phenols is 1. The van der Waals surface area contributed by atoms with E-state index in [1.165, 1.54) is 0 Å². The average Bonchev–Trinajstić information content (AvgIpc) is 3.11. The van der Waals surface area contributed by atoms with Crippen LogP contribution in [0.25, 0.3) is 27.6 Å². The number of phenolic OH excluding ortho intramolecular Hbond substituents is 1. The number of aromatic nitrogens is 4. The second kappa shape index (κ2) is 4.10. The lowest BCUT2D eigenvalue weighted by molar-refractivity contribution is -0.461. The van der Waals surface area contributed by atoms with E-state index >= 15 is 0 Å². The third-order valence-corrected chi connectivity index (χ3v) is 4.97. The molecule has 0 unspecified atom stereocenters. The Morgan fingerprint density at radius 2 is 2.04 bits per heavy atom. The predicted octanol–water partition coefficient (Wildman–Crippen LogP) is 0.920. The summed E-state index contributed by atoms with van der Waals surface area (Å²) in [5.74, 6) is -0.171. The van der Waals surface area contributed by atoms with Crippen molar-refractivity contribution in [3.63, 3.8) is 0 Å². The van der Waals surface area contributed by atoms with E-state index in [2.05, 4.69) is 5.10 Å².